The van der Waals surface area contributed by atoms with Gasteiger partial charge in [0.05, 0.1) is 5.75 Å². The Hall–Kier alpha value is -2.34. The van der Waals surface area contributed by atoms with Crippen molar-refractivity contribution < 1.29 is 13.2 Å². The minimum atomic E-state index is -3.35. The summed E-state index contributed by atoms with van der Waals surface area (Å²) in [5, 5.41) is 2.80. The second-order valence-electron chi connectivity index (χ2n) is 4.75. The highest BCUT2D eigenvalue weighted by atomic mass is 32.2. The number of amides is 1. The molecule has 0 saturated carbocycles. The van der Waals surface area contributed by atoms with Crippen molar-refractivity contribution in [3.8, 4) is 0 Å². The summed E-state index contributed by atoms with van der Waals surface area (Å²) < 4.78 is 25.5. The Balaban J connectivity index is 2.04. The maximum Gasteiger partial charge on any atom is 0.251 e. The van der Waals surface area contributed by atoms with Crippen molar-refractivity contribution in [2.24, 2.45) is 0 Å². The maximum absolute atomic E-state index is 12.1. The highest BCUT2D eigenvalue weighted by Crippen LogP contribution is 2.12. The van der Waals surface area contributed by atoms with Crippen LogP contribution < -0.4 is 10.0 Å². The van der Waals surface area contributed by atoms with Crippen molar-refractivity contribution in [3.63, 3.8) is 0 Å². The number of carbonyl (C=O) groups excluding carboxylic acids is 1. The van der Waals surface area contributed by atoms with Crippen molar-refractivity contribution >= 4 is 21.6 Å². The molecule has 0 aliphatic heterocycles. The number of rotatable bonds is 6. The molecule has 0 spiro atoms. The fraction of sp³-hybridized carbons (Fsp3) is 0.188. The average Bonchev–Trinajstić information content (AvgIpc) is 2.53. The summed E-state index contributed by atoms with van der Waals surface area (Å²) in [6.07, 6.45) is 0. The summed E-state index contributed by atoms with van der Waals surface area (Å²) in [7, 11) is -3.35. The Morgan fingerprint density at radius 2 is 1.77 bits per heavy atom. The van der Waals surface area contributed by atoms with Crippen LogP contribution in [0.1, 0.15) is 22.8 Å². The molecule has 0 fully saturated rings. The standard InChI is InChI=1S/C16H18N2O3S/c1-2-22(20,21)18-15-10-6-9-14(11-15)16(19)17-12-13-7-4-3-5-8-13/h3-11,18H,2,12H2,1H3,(H,17,19). The number of nitrogens with one attached hydrogen (secondary N) is 2. The molecule has 2 aromatic rings. The first-order chi connectivity index (χ1) is 10.5. The predicted molar refractivity (Wildman–Crippen MR) is 87.1 cm³/mol. The van der Waals surface area contributed by atoms with Crippen LogP contribution in [0.25, 0.3) is 0 Å². The first-order valence-corrected chi connectivity index (χ1v) is 8.58. The first-order valence-electron chi connectivity index (χ1n) is 6.93. The SMILES string of the molecule is CCS(=O)(=O)Nc1cccc(C(=O)NCc2ccccc2)c1. The lowest BCUT2D eigenvalue weighted by Gasteiger charge is -2.09. The van der Waals surface area contributed by atoms with E-state index < -0.39 is 10.0 Å². The second-order valence-corrected chi connectivity index (χ2v) is 6.77. The lowest BCUT2D eigenvalue weighted by Crippen LogP contribution is -2.23. The Morgan fingerprint density at radius 1 is 1.05 bits per heavy atom. The van der Waals surface area contributed by atoms with Crippen LogP contribution in [0.5, 0.6) is 0 Å². The fourth-order valence-electron chi connectivity index (χ4n) is 1.86. The van der Waals surface area contributed by atoms with Gasteiger partial charge in [-0.25, -0.2) is 8.42 Å². The van der Waals surface area contributed by atoms with Crippen molar-refractivity contribution in [3.05, 3.63) is 65.7 Å². The molecule has 0 saturated heterocycles. The lowest BCUT2D eigenvalue weighted by atomic mass is 10.2. The molecule has 2 rings (SSSR count). The molecule has 0 atom stereocenters. The Kier molecular flexibility index (Phi) is 5.16. The Labute approximate surface area is 130 Å². The molecule has 2 N–H and O–H groups in total. The molecule has 6 heteroatoms. The van der Waals surface area contributed by atoms with E-state index in [0.29, 0.717) is 17.8 Å². The third-order valence-corrected chi connectivity index (χ3v) is 4.38. The smallest absolute Gasteiger partial charge is 0.251 e. The maximum atomic E-state index is 12.1. The monoisotopic (exact) mass is 318 g/mol. The molecule has 0 aliphatic carbocycles. The zero-order valence-corrected chi connectivity index (χ0v) is 13.1. The molecule has 2 aromatic carbocycles. The molecule has 116 valence electrons. The number of benzene rings is 2. The lowest BCUT2D eigenvalue weighted by molar-refractivity contribution is 0.0951. The third kappa shape index (κ3) is 4.60. The first kappa shape index (κ1) is 16.0. The van der Waals surface area contributed by atoms with E-state index >= 15 is 0 Å². The Morgan fingerprint density at radius 3 is 2.45 bits per heavy atom. The van der Waals surface area contributed by atoms with Crippen LogP contribution >= 0.6 is 0 Å². The van der Waals surface area contributed by atoms with Gasteiger partial charge in [-0.05, 0) is 30.7 Å². The number of hydrogen-bond acceptors (Lipinski definition) is 3. The average molecular weight is 318 g/mol. The van der Waals surface area contributed by atoms with E-state index in [0.717, 1.165) is 5.56 Å². The molecule has 0 heterocycles. The summed E-state index contributed by atoms with van der Waals surface area (Å²) in [6, 6.07) is 16.0. The molecule has 0 aliphatic rings. The van der Waals surface area contributed by atoms with E-state index in [1.54, 1.807) is 25.1 Å². The van der Waals surface area contributed by atoms with Crippen molar-refractivity contribution in [2.75, 3.05) is 10.5 Å². The molecular formula is C16H18N2O3S. The van der Waals surface area contributed by atoms with E-state index in [2.05, 4.69) is 10.0 Å². The Bertz CT molecular complexity index is 743. The van der Waals surface area contributed by atoms with E-state index in [4.69, 9.17) is 0 Å². The van der Waals surface area contributed by atoms with Crippen molar-refractivity contribution in [1.29, 1.82) is 0 Å². The number of hydrogen-bond donors (Lipinski definition) is 2. The van der Waals surface area contributed by atoms with E-state index in [9.17, 15) is 13.2 Å². The van der Waals surface area contributed by atoms with Crippen LogP contribution in [-0.2, 0) is 16.6 Å². The molecule has 0 aromatic heterocycles. The highest BCUT2D eigenvalue weighted by Gasteiger charge is 2.10. The van der Waals surface area contributed by atoms with Gasteiger partial charge in [-0.3, -0.25) is 9.52 Å². The quantitative estimate of drug-likeness (QED) is 0.858. The number of carbonyl (C=O) groups is 1. The third-order valence-electron chi connectivity index (χ3n) is 3.07. The minimum Gasteiger partial charge on any atom is -0.348 e. The van der Waals surface area contributed by atoms with Crippen molar-refractivity contribution in [1.82, 2.24) is 5.32 Å². The summed E-state index contributed by atoms with van der Waals surface area (Å²) in [5.41, 5.74) is 1.79. The van der Waals surface area contributed by atoms with Gasteiger partial charge in [-0.1, -0.05) is 36.4 Å². The summed E-state index contributed by atoms with van der Waals surface area (Å²) >= 11 is 0. The summed E-state index contributed by atoms with van der Waals surface area (Å²) in [5.74, 6) is -0.265. The summed E-state index contributed by atoms with van der Waals surface area (Å²) in [6.45, 7) is 1.98. The highest BCUT2D eigenvalue weighted by molar-refractivity contribution is 7.92. The zero-order chi connectivity index (χ0) is 16.0. The van der Waals surface area contributed by atoms with Crippen LogP contribution in [0.2, 0.25) is 0 Å². The summed E-state index contributed by atoms with van der Waals surface area (Å²) in [4.78, 5) is 12.1. The van der Waals surface area contributed by atoms with Crippen LogP contribution in [0.4, 0.5) is 5.69 Å². The van der Waals surface area contributed by atoms with Gasteiger partial charge in [-0.15, -0.1) is 0 Å². The van der Waals surface area contributed by atoms with E-state index in [1.165, 1.54) is 6.07 Å². The molecule has 5 nitrogen and oxygen atoms in total. The predicted octanol–water partition coefficient (Wildman–Crippen LogP) is 2.38. The van der Waals surface area contributed by atoms with E-state index in [1.807, 2.05) is 30.3 Å². The van der Waals surface area contributed by atoms with Gasteiger partial charge in [0.15, 0.2) is 0 Å². The molecule has 0 unspecified atom stereocenters. The van der Waals surface area contributed by atoms with Gasteiger partial charge in [0.1, 0.15) is 0 Å². The molecule has 1 amide bonds. The van der Waals surface area contributed by atoms with Gasteiger partial charge >= 0.3 is 0 Å². The van der Waals surface area contributed by atoms with Gasteiger partial charge in [0.25, 0.3) is 5.91 Å². The normalized spacial score (nSPS) is 11.0. The topological polar surface area (TPSA) is 75.3 Å². The zero-order valence-electron chi connectivity index (χ0n) is 12.2. The van der Waals surface area contributed by atoms with Gasteiger partial charge in [0, 0.05) is 17.8 Å². The van der Waals surface area contributed by atoms with E-state index in [-0.39, 0.29) is 11.7 Å². The van der Waals surface area contributed by atoms with Crippen LogP contribution in [0, 0.1) is 0 Å². The second kappa shape index (κ2) is 7.09. The largest absolute Gasteiger partial charge is 0.348 e. The van der Waals surface area contributed by atoms with Crippen molar-refractivity contribution in [2.45, 2.75) is 13.5 Å². The van der Waals surface area contributed by atoms with Crippen LogP contribution in [0.15, 0.2) is 54.6 Å². The number of sulfonamides is 1. The van der Waals surface area contributed by atoms with Crippen LogP contribution in [-0.4, -0.2) is 20.1 Å². The molecule has 0 radical (unpaired) electrons. The van der Waals surface area contributed by atoms with Gasteiger partial charge in [-0.2, -0.15) is 0 Å². The number of anilines is 1. The molecule has 0 bridgehead atoms. The molecule has 22 heavy (non-hydrogen) atoms. The van der Waals surface area contributed by atoms with Gasteiger partial charge < -0.3 is 5.32 Å². The fourth-order valence-corrected chi connectivity index (χ4v) is 2.49. The molecular weight excluding hydrogens is 300 g/mol. The minimum absolute atomic E-state index is 0.0164. The van der Waals surface area contributed by atoms with Gasteiger partial charge in [0.2, 0.25) is 10.0 Å². The van der Waals surface area contributed by atoms with Crippen LogP contribution in [0.3, 0.4) is 0 Å².